The third-order valence-electron chi connectivity index (χ3n) is 2.60. The molecule has 4 N–H and O–H groups in total. The molecule has 0 aliphatic rings. The highest BCUT2D eigenvalue weighted by Gasteiger charge is 2.25. The SMILES string of the molecule is O=NN(CCCl)C(=O)NC[C@@H](O)[C@H](O)CN(N=O)C(=O)NCCCl. The lowest BCUT2D eigenvalue weighted by molar-refractivity contribution is 0.00578. The van der Waals surface area contributed by atoms with Crippen LogP contribution < -0.4 is 10.6 Å². The van der Waals surface area contributed by atoms with E-state index >= 15 is 0 Å². The van der Waals surface area contributed by atoms with Crippen molar-refractivity contribution in [3.05, 3.63) is 9.81 Å². The van der Waals surface area contributed by atoms with Crippen LogP contribution in [0.4, 0.5) is 9.59 Å². The quantitative estimate of drug-likeness (QED) is 0.213. The second-order valence-corrected chi connectivity index (χ2v) is 5.06. The van der Waals surface area contributed by atoms with Gasteiger partial charge >= 0.3 is 12.1 Å². The van der Waals surface area contributed by atoms with E-state index in [2.05, 4.69) is 21.2 Å². The third kappa shape index (κ3) is 8.19. The summed E-state index contributed by atoms with van der Waals surface area (Å²) < 4.78 is 0. The zero-order valence-electron chi connectivity index (χ0n) is 12.5. The van der Waals surface area contributed by atoms with Gasteiger partial charge < -0.3 is 20.8 Å². The van der Waals surface area contributed by atoms with Gasteiger partial charge in [0.15, 0.2) is 0 Å². The summed E-state index contributed by atoms with van der Waals surface area (Å²) in [7, 11) is 0. The fraction of sp³-hybridized carbons (Fsp3) is 0.800. The largest absolute Gasteiger partial charge is 0.389 e. The predicted octanol–water partition coefficient (Wildman–Crippen LogP) is -0.428. The Bertz CT molecular complexity index is 431. The number of amides is 4. The van der Waals surface area contributed by atoms with E-state index in [9.17, 15) is 29.6 Å². The Labute approximate surface area is 146 Å². The molecule has 0 aromatic carbocycles. The molecule has 4 amide bonds. The number of hydrogen-bond acceptors (Lipinski definition) is 8. The van der Waals surface area contributed by atoms with Crippen LogP contribution in [0.3, 0.4) is 0 Å². The number of nitrogens with one attached hydrogen (secondary N) is 2. The summed E-state index contributed by atoms with van der Waals surface area (Å²) in [6.45, 7) is -1.15. The van der Waals surface area contributed by atoms with Crippen LogP contribution in [-0.4, -0.2) is 82.4 Å². The first kappa shape index (κ1) is 22.2. The van der Waals surface area contributed by atoms with Gasteiger partial charge in [-0.15, -0.1) is 33.0 Å². The van der Waals surface area contributed by atoms with Gasteiger partial charge in [-0.25, -0.2) is 9.59 Å². The summed E-state index contributed by atoms with van der Waals surface area (Å²) >= 11 is 10.7. The number of alkyl halides is 2. The molecule has 0 heterocycles. The zero-order chi connectivity index (χ0) is 18.5. The number of nitroso groups, excluding NO2 is 2. The molecule has 2 atom stereocenters. The van der Waals surface area contributed by atoms with Crippen molar-refractivity contribution in [3.63, 3.8) is 0 Å². The molecule has 0 fully saturated rings. The minimum Gasteiger partial charge on any atom is -0.389 e. The summed E-state index contributed by atoms with van der Waals surface area (Å²) in [4.78, 5) is 44.0. The first-order valence-electron chi connectivity index (χ1n) is 6.66. The van der Waals surface area contributed by atoms with Gasteiger partial charge in [0.25, 0.3) is 0 Å². The third-order valence-corrected chi connectivity index (χ3v) is 2.96. The van der Waals surface area contributed by atoms with Crippen molar-refractivity contribution in [2.24, 2.45) is 10.6 Å². The fourth-order valence-corrected chi connectivity index (χ4v) is 1.63. The van der Waals surface area contributed by atoms with Crippen molar-refractivity contribution < 1.29 is 19.8 Å². The Hall–Kier alpha value is -1.76. The lowest BCUT2D eigenvalue weighted by atomic mass is 10.2. The monoisotopic (exact) mass is 388 g/mol. The molecule has 0 bridgehead atoms. The van der Waals surface area contributed by atoms with Crippen LogP contribution in [0.15, 0.2) is 10.6 Å². The Kier molecular flexibility index (Phi) is 11.7. The molecular weight excluding hydrogens is 371 g/mol. The van der Waals surface area contributed by atoms with Crippen LogP contribution in [0.5, 0.6) is 0 Å². The number of urea groups is 2. The van der Waals surface area contributed by atoms with Gasteiger partial charge in [-0.3, -0.25) is 0 Å². The van der Waals surface area contributed by atoms with E-state index < -0.39 is 37.4 Å². The van der Waals surface area contributed by atoms with Crippen molar-refractivity contribution in [3.8, 4) is 0 Å². The lowest BCUT2D eigenvalue weighted by Crippen LogP contribution is -2.48. The molecule has 138 valence electrons. The maximum absolute atomic E-state index is 11.5. The lowest BCUT2D eigenvalue weighted by Gasteiger charge is -2.22. The number of carbonyl (C=O) groups excluding carboxylic acids is 2. The molecule has 0 spiro atoms. The predicted molar refractivity (Wildman–Crippen MR) is 85.3 cm³/mol. The Balaban J connectivity index is 4.41. The molecular formula is C10H18Cl2N6O6. The molecule has 14 heteroatoms. The minimum atomic E-state index is -1.59. The van der Waals surface area contributed by atoms with E-state index in [1.54, 1.807) is 0 Å². The zero-order valence-corrected chi connectivity index (χ0v) is 14.0. The van der Waals surface area contributed by atoms with Gasteiger partial charge in [-0.2, -0.15) is 10.0 Å². The number of hydrogen-bond donors (Lipinski definition) is 4. The van der Waals surface area contributed by atoms with Crippen LogP contribution in [-0.2, 0) is 0 Å². The van der Waals surface area contributed by atoms with Gasteiger partial charge in [-0.05, 0) is 0 Å². The number of carbonyl (C=O) groups is 2. The van der Waals surface area contributed by atoms with Gasteiger partial charge in [-0.1, -0.05) is 0 Å². The maximum Gasteiger partial charge on any atom is 0.340 e. The Morgan fingerprint density at radius 1 is 0.958 bits per heavy atom. The van der Waals surface area contributed by atoms with Crippen LogP contribution >= 0.6 is 23.2 Å². The average molecular weight is 389 g/mol. The first-order chi connectivity index (χ1) is 11.4. The van der Waals surface area contributed by atoms with Crippen LogP contribution in [0.2, 0.25) is 0 Å². The van der Waals surface area contributed by atoms with Crippen LogP contribution in [0, 0.1) is 9.81 Å². The van der Waals surface area contributed by atoms with E-state index in [1.165, 1.54) is 0 Å². The van der Waals surface area contributed by atoms with E-state index in [0.29, 0.717) is 10.0 Å². The molecule has 12 nitrogen and oxygen atoms in total. The Morgan fingerprint density at radius 3 is 2.04 bits per heavy atom. The Morgan fingerprint density at radius 2 is 1.54 bits per heavy atom. The molecule has 24 heavy (non-hydrogen) atoms. The second-order valence-electron chi connectivity index (χ2n) is 4.30. The van der Waals surface area contributed by atoms with E-state index in [0.717, 1.165) is 0 Å². The van der Waals surface area contributed by atoms with Crippen LogP contribution in [0.1, 0.15) is 0 Å². The molecule has 0 rings (SSSR count). The number of aliphatic hydroxyl groups excluding tert-OH is 2. The number of halogens is 2. The van der Waals surface area contributed by atoms with Crippen molar-refractivity contribution in [2.45, 2.75) is 12.2 Å². The van der Waals surface area contributed by atoms with Gasteiger partial charge in [0.1, 0.15) is 6.10 Å². The van der Waals surface area contributed by atoms with Crippen molar-refractivity contribution in [1.29, 1.82) is 0 Å². The summed E-state index contributed by atoms with van der Waals surface area (Å²) in [6, 6.07) is -1.83. The molecule has 0 saturated heterocycles. The molecule has 0 unspecified atom stereocenters. The van der Waals surface area contributed by atoms with Crippen LogP contribution in [0.25, 0.3) is 0 Å². The number of nitrogens with zero attached hydrogens (tertiary/aromatic N) is 4. The summed E-state index contributed by atoms with van der Waals surface area (Å²) in [5.74, 6) is 0.0843. The topological polar surface area (TPSA) is 164 Å². The van der Waals surface area contributed by atoms with Gasteiger partial charge in [0.05, 0.1) is 29.8 Å². The molecule has 0 aliphatic heterocycles. The van der Waals surface area contributed by atoms with Crippen molar-refractivity contribution in [1.82, 2.24) is 20.7 Å². The summed E-state index contributed by atoms with van der Waals surface area (Å²) in [6.07, 6.45) is -3.13. The van der Waals surface area contributed by atoms with Crippen molar-refractivity contribution in [2.75, 3.05) is 37.9 Å². The number of aliphatic hydroxyl groups is 2. The smallest absolute Gasteiger partial charge is 0.340 e. The molecule has 0 aliphatic carbocycles. The van der Waals surface area contributed by atoms with Gasteiger partial charge in [0, 0.05) is 24.8 Å². The number of rotatable bonds is 11. The standard InChI is InChI=1S/C10H18Cl2N6O6/c11-1-3-13-9(21)18(16-24)6-8(20)7(19)5-14-10(22)17(15-23)4-2-12/h7-8,19-20H,1-6H2,(H,13,21)(H,14,22)/t7-,8-/m1/s1. The molecule has 0 aromatic heterocycles. The maximum atomic E-state index is 11.5. The highest BCUT2D eigenvalue weighted by Crippen LogP contribution is 2.00. The summed E-state index contributed by atoms with van der Waals surface area (Å²) in [5, 5.41) is 29.5. The van der Waals surface area contributed by atoms with E-state index in [4.69, 9.17) is 23.2 Å². The van der Waals surface area contributed by atoms with E-state index in [-0.39, 0.29) is 24.8 Å². The average Bonchev–Trinajstić information content (AvgIpc) is 2.59. The minimum absolute atomic E-state index is 0.0261. The molecule has 0 aromatic rings. The highest BCUT2D eigenvalue weighted by molar-refractivity contribution is 6.18. The molecule has 0 saturated carbocycles. The summed E-state index contributed by atoms with van der Waals surface area (Å²) in [5.41, 5.74) is 0. The fourth-order valence-electron chi connectivity index (χ4n) is 1.38. The normalized spacial score (nSPS) is 12.7. The first-order valence-corrected chi connectivity index (χ1v) is 7.73. The highest BCUT2D eigenvalue weighted by atomic mass is 35.5. The van der Waals surface area contributed by atoms with Crippen molar-refractivity contribution >= 4 is 35.3 Å². The second kappa shape index (κ2) is 12.6. The van der Waals surface area contributed by atoms with Gasteiger partial charge in [0.2, 0.25) is 0 Å². The van der Waals surface area contributed by atoms with E-state index in [1.807, 2.05) is 0 Å². The molecule has 0 radical (unpaired) electrons.